The third-order valence-electron chi connectivity index (χ3n) is 4.71. The SMILES string of the molecule is CCc1ccccc1NC(=O)CN1C(=O)N/C(=C/c2ccc(OC)cc2C)C1=O. The van der Waals surface area contributed by atoms with Gasteiger partial charge in [0.25, 0.3) is 5.91 Å². The number of imide groups is 1. The monoisotopic (exact) mass is 393 g/mol. The van der Waals surface area contributed by atoms with E-state index in [1.54, 1.807) is 31.4 Å². The molecule has 0 bridgehead atoms. The Morgan fingerprint density at radius 2 is 1.97 bits per heavy atom. The van der Waals surface area contributed by atoms with Crippen LogP contribution in [0.4, 0.5) is 10.5 Å². The first kappa shape index (κ1) is 20.1. The topological polar surface area (TPSA) is 87.7 Å². The summed E-state index contributed by atoms with van der Waals surface area (Å²) in [5.41, 5.74) is 3.46. The zero-order chi connectivity index (χ0) is 21.0. The van der Waals surface area contributed by atoms with E-state index >= 15 is 0 Å². The number of rotatable bonds is 6. The Morgan fingerprint density at radius 3 is 2.66 bits per heavy atom. The van der Waals surface area contributed by atoms with Crippen molar-refractivity contribution in [2.24, 2.45) is 0 Å². The number of hydrogen-bond acceptors (Lipinski definition) is 4. The van der Waals surface area contributed by atoms with Crippen LogP contribution in [0.3, 0.4) is 0 Å². The van der Waals surface area contributed by atoms with Gasteiger partial charge in [-0.05, 0) is 54.3 Å². The van der Waals surface area contributed by atoms with Gasteiger partial charge in [-0.15, -0.1) is 0 Å². The van der Waals surface area contributed by atoms with Crippen molar-refractivity contribution in [2.75, 3.05) is 19.0 Å². The number of para-hydroxylation sites is 1. The normalized spacial score (nSPS) is 14.9. The molecule has 0 aliphatic carbocycles. The van der Waals surface area contributed by atoms with Gasteiger partial charge in [0.2, 0.25) is 5.91 Å². The molecule has 0 aromatic heterocycles. The number of benzene rings is 2. The molecule has 1 fully saturated rings. The summed E-state index contributed by atoms with van der Waals surface area (Å²) in [6.45, 7) is 3.51. The van der Waals surface area contributed by atoms with E-state index in [4.69, 9.17) is 4.74 Å². The minimum Gasteiger partial charge on any atom is -0.497 e. The summed E-state index contributed by atoms with van der Waals surface area (Å²) in [7, 11) is 1.58. The number of anilines is 1. The number of aryl methyl sites for hydroxylation is 2. The quantitative estimate of drug-likeness (QED) is 0.583. The van der Waals surface area contributed by atoms with Crippen LogP contribution in [0.15, 0.2) is 48.2 Å². The van der Waals surface area contributed by atoms with Gasteiger partial charge in [-0.25, -0.2) is 9.69 Å². The van der Waals surface area contributed by atoms with E-state index in [1.807, 2.05) is 38.1 Å². The van der Waals surface area contributed by atoms with Crippen molar-refractivity contribution in [3.63, 3.8) is 0 Å². The Kier molecular flexibility index (Phi) is 5.97. The van der Waals surface area contributed by atoms with Gasteiger partial charge in [0.15, 0.2) is 0 Å². The second kappa shape index (κ2) is 8.60. The van der Waals surface area contributed by atoms with E-state index in [-0.39, 0.29) is 12.2 Å². The molecular weight excluding hydrogens is 370 g/mol. The van der Waals surface area contributed by atoms with Crippen LogP contribution in [0.2, 0.25) is 0 Å². The smallest absolute Gasteiger partial charge is 0.329 e. The van der Waals surface area contributed by atoms with Gasteiger partial charge in [-0.3, -0.25) is 9.59 Å². The van der Waals surface area contributed by atoms with Gasteiger partial charge in [0, 0.05) is 5.69 Å². The van der Waals surface area contributed by atoms with E-state index in [1.165, 1.54) is 0 Å². The molecule has 29 heavy (non-hydrogen) atoms. The summed E-state index contributed by atoms with van der Waals surface area (Å²) >= 11 is 0. The molecule has 0 unspecified atom stereocenters. The van der Waals surface area contributed by atoms with E-state index in [2.05, 4.69) is 10.6 Å². The number of hydrogen-bond donors (Lipinski definition) is 2. The average molecular weight is 393 g/mol. The molecule has 1 saturated heterocycles. The number of amides is 4. The van der Waals surface area contributed by atoms with Crippen molar-refractivity contribution < 1.29 is 19.1 Å². The highest BCUT2D eigenvalue weighted by Crippen LogP contribution is 2.21. The van der Waals surface area contributed by atoms with Gasteiger partial charge < -0.3 is 15.4 Å². The van der Waals surface area contributed by atoms with Crippen molar-refractivity contribution >= 4 is 29.6 Å². The Hall–Kier alpha value is -3.61. The molecule has 0 radical (unpaired) electrons. The molecule has 2 N–H and O–H groups in total. The van der Waals surface area contributed by atoms with Crippen LogP contribution in [0.5, 0.6) is 5.75 Å². The van der Waals surface area contributed by atoms with Crippen LogP contribution < -0.4 is 15.4 Å². The number of methoxy groups -OCH3 is 1. The van der Waals surface area contributed by atoms with Crippen LogP contribution >= 0.6 is 0 Å². The summed E-state index contributed by atoms with van der Waals surface area (Å²) in [5.74, 6) is -0.266. The molecule has 2 aromatic carbocycles. The molecule has 1 aliphatic heterocycles. The van der Waals surface area contributed by atoms with E-state index in [0.717, 1.165) is 28.0 Å². The molecular formula is C22H23N3O4. The summed E-state index contributed by atoms with van der Waals surface area (Å²) in [5, 5.41) is 5.31. The maximum Gasteiger partial charge on any atom is 0.329 e. The molecule has 150 valence electrons. The lowest BCUT2D eigenvalue weighted by molar-refractivity contribution is -0.127. The Morgan fingerprint density at radius 1 is 1.21 bits per heavy atom. The summed E-state index contributed by atoms with van der Waals surface area (Å²) in [4.78, 5) is 38.2. The molecule has 7 nitrogen and oxygen atoms in total. The van der Waals surface area contributed by atoms with E-state index in [0.29, 0.717) is 11.4 Å². The van der Waals surface area contributed by atoms with E-state index in [9.17, 15) is 14.4 Å². The fourth-order valence-corrected chi connectivity index (χ4v) is 3.09. The number of nitrogens with zero attached hydrogens (tertiary/aromatic N) is 1. The van der Waals surface area contributed by atoms with Gasteiger partial charge in [0.1, 0.15) is 18.0 Å². The van der Waals surface area contributed by atoms with Crippen LogP contribution in [0.1, 0.15) is 23.6 Å². The van der Waals surface area contributed by atoms with Crippen molar-refractivity contribution in [1.29, 1.82) is 0 Å². The van der Waals surface area contributed by atoms with Crippen molar-refractivity contribution in [1.82, 2.24) is 10.2 Å². The van der Waals surface area contributed by atoms with Crippen LogP contribution in [-0.4, -0.2) is 36.4 Å². The van der Waals surface area contributed by atoms with E-state index < -0.39 is 17.8 Å². The number of carbonyl (C=O) groups is 3. The molecule has 0 saturated carbocycles. The van der Waals surface area contributed by atoms with Gasteiger partial charge in [0.05, 0.1) is 7.11 Å². The lowest BCUT2D eigenvalue weighted by Crippen LogP contribution is -2.38. The van der Waals surface area contributed by atoms with Crippen LogP contribution in [0, 0.1) is 6.92 Å². The number of nitrogens with one attached hydrogen (secondary N) is 2. The second-order valence-electron chi connectivity index (χ2n) is 6.66. The number of carbonyl (C=O) groups excluding carboxylic acids is 3. The second-order valence-corrected chi connectivity index (χ2v) is 6.66. The van der Waals surface area contributed by atoms with Crippen LogP contribution in [0.25, 0.3) is 6.08 Å². The lowest BCUT2D eigenvalue weighted by atomic mass is 10.1. The standard InChI is InChI=1S/C22H23N3O4/c1-4-15-7-5-6-8-18(15)23-20(26)13-25-21(27)19(24-22(25)28)12-16-9-10-17(29-3)11-14(16)2/h5-12H,4,13H2,1-3H3,(H,23,26)(H,24,28)/b19-12+. The maximum absolute atomic E-state index is 12.6. The number of ether oxygens (including phenoxy) is 1. The third kappa shape index (κ3) is 4.45. The summed E-state index contributed by atoms with van der Waals surface area (Å²) in [6.07, 6.45) is 2.35. The fourth-order valence-electron chi connectivity index (χ4n) is 3.09. The molecule has 1 heterocycles. The van der Waals surface area contributed by atoms with Gasteiger partial charge in [-0.2, -0.15) is 0 Å². The van der Waals surface area contributed by atoms with Gasteiger partial charge in [-0.1, -0.05) is 31.2 Å². The molecule has 0 spiro atoms. The lowest BCUT2D eigenvalue weighted by Gasteiger charge is -2.13. The first-order chi connectivity index (χ1) is 13.9. The van der Waals surface area contributed by atoms with Crippen molar-refractivity contribution in [3.8, 4) is 5.75 Å². The highest BCUT2D eigenvalue weighted by molar-refractivity contribution is 6.16. The highest BCUT2D eigenvalue weighted by Gasteiger charge is 2.35. The zero-order valence-corrected chi connectivity index (χ0v) is 16.6. The molecule has 1 aliphatic rings. The number of urea groups is 1. The minimum absolute atomic E-state index is 0.130. The zero-order valence-electron chi connectivity index (χ0n) is 16.6. The Balaban J connectivity index is 1.73. The average Bonchev–Trinajstić information content (AvgIpc) is 2.97. The molecule has 0 atom stereocenters. The van der Waals surface area contributed by atoms with Crippen LogP contribution in [-0.2, 0) is 16.0 Å². The molecule has 2 aromatic rings. The molecule has 3 rings (SSSR count). The Bertz CT molecular complexity index is 997. The van der Waals surface area contributed by atoms with Crippen molar-refractivity contribution in [2.45, 2.75) is 20.3 Å². The van der Waals surface area contributed by atoms with Crippen molar-refractivity contribution in [3.05, 3.63) is 64.9 Å². The maximum atomic E-state index is 12.6. The first-order valence-electron chi connectivity index (χ1n) is 9.30. The molecule has 4 amide bonds. The first-order valence-corrected chi connectivity index (χ1v) is 9.30. The summed E-state index contributed by atoms with van der Waals surface area (Å²) in [6, 6.07) is 12.2. The minimum atomic E-state index is -0.619. The summed E-state index contributed by atoms with van der Waals surface area (Å²) < 4.78 is 5.17. The highest BCUT2D eigenvalue weighted by atomic mass is 16.5. The molecule has 7 heteroatoms. The predicted molar refractivity (Wildman–Crippen MR) is 110 cm³/mol. The Labute approximate surface area is 169 Å². The fraction of sp³-hybridized carbons (Fsp3) is 0.227. The largest absolute Gasteiger partial charge is 0.497 e. The van der Waals surface area contributed by atoms with Gasteiger partial charge >= 0.3 is 6.03 Å². The predicted octanol–water partition coefficient (Wildman–Crippen LogP) is 3.10. The third-order valence-corrected chi connectivity index (χ3v) is 4.71.